The minimum Gasteiger partial charge on any atom is -0.449 e. The van der Waals surface area contributed by atoms with E-state index in [1.54, 1.807) is 54.0 Å². The second-order valence-electron chi connectivity index (χ2n) is 10.7. The summed E-state index contributed by atoms with van der Waals surface area (Å²) in [7, 11) is 3.49. The molecular weight excluding hydrogens is 504 g/mol. The van der Waals surface area contributed by atoms with E-state index in [-0.39, 0.29) is 30.1 Å². The van der Waals surface area contributed by atoms with Gasteiger partial charge in [-0.1, -0.05) is 6.07 Å². The van der Waals surface area contributed by atoms with Gasteiger partial charge in [0.25, 0.3) is 6.43 Å². The van der Waals surface area contributed by atoms with Crippen LogP contribution in [0.3, 0.4) is 0 Å². The number of carbonyl (C=O) groups excluding carboxylic acids is 2. The fourth-order valence-electron chi connectivity index (χ4n) is 6.05. The minimum absolute atomic E-state index is 0.00910. The standard InChI is InChI=1S/C29H31F2N5O3/c1-17(37)35-14-20-7-19(22-12-33(2)29(38)39-16-22)9-27(25(20)15-35)36-6-4-5-18-8-23(21-11-32-34(3)13-21)24(28(30)31)10-26(18)36/h7-11,13,22,28H,4-6,12,14-16H2,1-3H3. The van der Waals surface area contributed by atoms with Gasteiger partial charge >= 0.3 is 6.09 Å². The number of aryl methyl sites for hydroxylation is 2. The zero-order valence-corrected chi connectivity index (χ0v) is 22.3. The maximum absolute atomic E-state index is 14.4. The van der Waals surface area contributed by atoms with Gasteiger partial charge in [-0.25, -0.2) is 13.6 Å². The van der Waals surface area contributed by atoms with E-state index < -0.39 is 6.43 Å². The second-order valence-corrected chi connectivity index (χ2v) is 10.7. The molecule has 4 heterocycles. The van der Waals surface area contributed by atoms with Crippen LogP contribution in [-0.4, -0.2) is 58.3 Å². The monoisotopic (exact) mass is 535 g/mol. The molecule has 0 N–H and O–H groups in total. The van der Waals surface area contributed by atoms with Crippen LogP contribution in [0.5, 0.6) is 0 Å². The van der Waals surface area contributed by atoms with E-state index in [9.17, 15) is 18.4 Å². The van der Waals surface area contributed by atoms with Gasteiger partial charge in [0.05, 0.1) is 6.20 Å². The summed E-state index contributed by atoms with van der Waals surface area (Å²) in [4.78, 5) is 29.8. The minimum atomic E-state index is -2.65. The van der Waals surface area contributed by atoms with Gasteiger partial charge in [-0.3, -0.25) is 9.48 Å². The lowest BCUT2D eigenvalue weighted by Crippen LogP contribution is -2.39. The number of carbonyl (C=O) groups is 2. The van der Waals surface area contributed by atoms with Crippen LogP contribution in [0.1, 0.15) is 53.5 Å². The Hall–Kier alpha value is -3.95. The summed E-state index contributed by atoms with van der Waals surface area (Å²) in [5, 5.41) is 4.19. The van der Waals surface area contributed by atoms with Crippen LogP contribution >= 0.6 is 0 Å². The highest BCUT2D eigenvalue weighted by molar-refractivity contribution is 5.80. The first-order valence-corrected chi connectivity index (χ1v) is 13.2. The summed E-state index contributed by atoms with van der Waals surface area (Å²) in [6, 6.07) is 7.74. The normalized spacial score (nSPS) is 18.9. The molecule has 1 atom stereocenters. The number of benzene rings is 2. The number of rotatable bonds is 4. The number of amides is 2. The summed E-state index contributed by atoms with van der Waals surface area (Å²) in [5.41, 5.74) is 6.98. The Morgan fingerprint density at radius 3 is 2.62 bits per heavy atom. The summed E-state index contributed by atoms with van der Waals surface area (Å²) in [6.07, 6.45) is 2.04. The maximum atomic E-state index is 14.4. The molecule has 0 bridgehead atoms. The molecule has 3 aromatic rings. The van der Waals surface area contributed by atoms with E-state index in [1.807, 2.05) is 6.07 Å². The van der Waals surface area contributed by atoms with E-state index in [0.717, 1.165) is 46.5 Å². The summed E-state index contributed by atoms with van der Waals surface area (Å²) in [6.45, 7) is 4.01. The van der Waals surface area contributed by atoms with E-state index in [1.165, 1.54) is 0 Å². The Morgan fingerprint density at radius 2 is 1.92 bits per heavy atom. The highest BCUT2D eigenvalue weighted by atomic mass is 19.3. The third-order valence-corrected chi connectivity index (χ3v) is 8.09. The molecule has 2 aromatic carbocycles. The van der Waals surface area contributed by atoms with Gasteiger partial charge in [0.1, 0.15) is 6.61 Å². The fraction of sp³-hybridized carbons (Fsp3) is 0.414. The average molecular weight is 536 g/mol. The SMILES string of the molecule is CC(=O)N1Cc2cc(C3COC(=O)N(C)C3)cc(N3CCCc4cc(-c5cnn(C)c5)c(C(F)F)cc43)c2C1. The number of halogens is 2. The molecule has 6 rings (SSSR count). The highest BCUT2D eigenvalue weighted by Gasteiger charge is 2.33. The van der Waals surface area contributed by atoms with E-state index in [4.69, 9.17) is 4.74 Å². The number of anilines is 2. The molecule has 3 aliphatic rings. The molecule has 0 aliphatic carbocycles. The lowest BCUT2D eigenvalue weighted by molar-refractivity contribution is -0.129. The number of hydrogen-bond donors (Lipinski definition) is 0. The Morgan fingerprint density at radius 1 is 1.10 bits per heavy atom. The first-order chi connectivity index (χ1) is 18.7. The average Bonchev–Trinajstić information content (AvgIpc) is 3.55. The predicted octanol–water partition coefficient (Wildman–Crippen LogP) is 5.14. The molecule has 0 saturated carbocycles. The molecule has 1 saturated heterocycles. The highest BCUT2D eigenvalue weighted by Crippen LogP contribution is 2.45. The number of alkyl halides is 2. The Balaban J connectivity index is 1.47. The van der Waals surface area contributed by atoms with Gasteiger partial charge < -0.3 is 19.4 Å². The molecule has 0 radical (unpaired) electrons. The van der Waals surface area contributed by atoms with Gasteiger partial charge in [0, 0.05) is 87.4 Å². The van der Waals surface area contributed by atoms with Crippen LogP contribution in [0, 0.1) is 0 Å². The Bertz CT molecular complexity index is 1470. The van der Waals surface area contributed by atoms with E-state index in [2.05, 4.69) is 22.1 Å². The lowest BCUT2D eigenvalue weighted by Gasteiger charge is -2.35. The molecule has 10 heteroatoms. The quantitative estimate of drug-likeness (QED) is 0.463. The third kappa shape index (κ3) is 4.51. The van der Waals surface area contributed by atoms with Crippen molar-refractivity contribution in [2.75, 3.05) is 31.6 Å². The molecule has 204 valence electrons. The van der Waals surface area contributed by atoms with Gasteiger partial charge in [0.15, 0.2) is 0 Å². The number of likely N-dealkylation sites (N-methyl/N-ethyl adjacent to an activating group) is 1. The van der Waals surface area contributed by atoms with Crippen molar-refractivity contribution in [3.63, 3.8) is 0 Å². The van der Waals surface area contributed by atoms with Gasteiger partial charge in [-0.2, -0.15) is 5.10 Å². The molecule has 1 fully saturated rings. The van der Waals surface area contributed by atoms with Crippen molar-refractivity contribution >= 4 is 23.4 Å². The van der Waals surface area contributed by atoms with E-state index >= 15 is 0 Å². The topological polar surface area (TPSA) is 70.9 Å². The van der Waals surface area contributed by atoms with Crippen LogP contribution in [0.25, 0.3) is 11.1 Å². The summed E-state index contributed by atoms with van der Waals surface area (Å²) < 4.78 is 35.8. The van der Waals surface area contributed by atoms with Crippen LogP contribution in [0.2, 0.25) is 0 Å². The Kier molecular flexibility index (Phi) is 6.28. The molecule has 3 aliphatic heterocycles. The first-order valence-electron chi connectivity index (χ1n) is 13.2. The maximum Gasteiger partial charge on any atom is 0.409 e. The smallest absolute Gasteiger partial charge is 0.409 e. The van der Waals surface area contributed by atoms with Crippen molar-refractivity contribution < 1.29 is 23.1 Å². The van der Waals surface area contributed by atoms with Gasteiger partial charge in [-0.15, -0.1) is 0 Å². The zero-order valence-electron chi connectivity index (χ0n) is 22.3. The van der Waals surface area contributed by atoms with Crippen molar-refractivity contribution in [1.82, 2.24) is 19.6 Å². The molecule has 0 spiro atoms. The molecular formula is C29H31F2N5O3. The van der Waals surface area contributed by atoms with Crippen molar-refractivity contribution in [2.45, 2.75) is 45.2 Å². The van der Waals surface area contributed by atoms with Crippen LogP contribution < -0.4 is 4.90 Å². The Labute approximate surface area is 225 Å². The largest absolute Gasteiger partial charge is 0.449 e. The van der Waals surface area contributed by atoms with Gasteiger partial charge in [0.2, 0.25) is 5.91 Å². The third-order valence-electron chi connectivity index (χ3n) is 8.09. The number of aromatic nitrogens is 2. The van der Waals surface area contributed by atoms with Crippen LogP contribution in [0.15, 0.2) is 36.7 Å². The number of cyclic esters (lactones) is 1. The van der Waals surface area contributed by atoms with Crippen molar-refractivity contribution in [3.8, 4) is 11.1 Å². The predicted molar refractivity (Wildman–Crippen MR) is 142 cm³/mol. The molecule has 8 nitrogen and oxygen atoms in total. The lowest BCUT2D eigenvalue weighted by atomic mass is 9.90. The second kappa shape index (κ2) is 9.66. The van der Waals surface area contributed by atoms with Gasteiger partial charge in [-0.05, 0) is 53.3 Å². The molecule has 1 aromatic heterocycles. The molecule has 2 amide bonds. The number of ether oxygens (including phenoxy) is 1. The van der Waals surface area contributed by atoms with Crippen molar-refractivity contribution in [1.29, 1.82) is 0 Å². The number of fused-ring (bicyclic) bond motifs is 2. The molecule has 1 unspecified atom stereocenters. The number of hydrogen-bond acceptors (Lipinski definition) is 5. The summed E-state index contributed by atoms with van der Waals surface area (Å²) in [5.74, 6) is -0.0397. The zero-order chi connectivity index (χ0) is 27.4. The van der Waals surface area contributed by atoms with Crippen molar-refractivity contribution in [2.24, 2.45) is 7.05 Å². The van der Waals surface area contributed by atoms with E-state index in [0.29, 0.717) is 37.3 Å². The first kappa shape index (κ1) is 25.3. The fourth-order valence-corrected chi connectivity index (χ4v) is 6.05. The van der Waals surface area contributed by atoms with Crippen molar-refractivity contribution in [3.05, 3.63) is 64.5 Å². The molecule has 39 heavy (non-hydrogen) atoms. The van der Waals surface area contributed by atoms with Crippen LogP contribution in [0.4, 0.5) is 25.0 Å². The number of nitrogens with zero attached hydrogens (tertiary/aromatic N) is 5. The van der Waals surface area contributed by atoms with Crippen LogP contribution in [-0.2, 0) is 36.1 Å². The summed E-state index contributed by atoms with van der Waals surface area (Å²) >= 11 is 0.